The Labute approximate surface area is 143 Å². The first-order valence-corrected chi connectivity index (χ1v) is 8.17. The summed E-state index contributed by atoms with van der Waals surface area (Å²) in [5.74, 6) is -0.772. The van der Waals surface area contributed by atoms with Crippen molar-refractivity contribution in [3.05, 3.63) is 40.8 Å². The lowest BCUT2D eigenvalue weighted by Gasteiger charge is -2.23. The molecule has 2 saturated heterocycles. The van der Waals surface area contributed by atoms with Gasteiger partial charge in [-0.25, -0.2) is 4.68 Å². The van der Waals surface area contributed by atoms with Gasteiger partial charge in [0.25, 0.3) is 5.56 Å². The van der Waals surface area contributed by atoms with E-state index in [2.05, 4.69) is 5.10 Å². The normalized spacial score (nSPS) is 30.7. The summed E-state index contributed by atoms with van der Waals surface area (Å²) in [7, 11) is 0. The average molecular weight is 348 g/mol. The molecule has 4 atom stereocenters. The Bertz CT molecular complexity index is 835. The minimum Gasteiger partial charge on any atom is -0.394 e. The first kappa shape index (κ1) is 16.6. The van der Waals surface area contributed by atoms with E-state index in [4.69, 9.17) is 18.9 Å². The maximum Gasteiger partial charge on any atom is 0.276 e. The van der Waals surface area contributed by atoms with Crippen LogP contribution in [-0.2, 0) is 25.7 Å². The zero-order valence-corrected chi connectivity index (χ0v) is 14.0. The van der Waals surface area contributed by atoms with E-state index in [0.717, 1.165) is 5.39 Å². The van der Waals surface area contributed by atoms with Gasteiger partial charge in [-0.05, 0) is 19.9 Å². The molecule has 2 aromatic rings. The molecule has 8 nitrogen and oxygen atoms in total. The van der Waals surface area contributed by atoms with Crippen LogP contribution >= 0.6 is 0 Å². The maximum absolute atomic E-state index is 12.5. The van der Waals surface area contributed by atoms with Crippen molar-refractivity contribution in [2.24, 2.45) is 0 Å². The van der Waals surface area contributed by atoms with Gasteiger partial charge in [0, 0.05) is 5.39 Å². The van der Waals surface area contributed by atoms with E-state index < -0.39 is 30.4 Å². The Kier molecular flexibility index (Phi) is 4.09. The van der Waals surface area contributed by atoms with Crippen molar-refractivity contribution in [2.75, 3.05) is 6.61 Å². The van der Waals surface area contributed by atoms with Crippen molar-refractivity contribution in [1.29, 1.82) is 0 Å². The summed E-state index contributed by atoms with van der Waals surface area (Å²) >= 11 is 0. The van der Waals surface area contributed by atoms with Crippen LogP contribution < -0.4 is 5.56 Å². The Morgan fingerprint density at radius 1 is 1.28 bits per heavy atom. The molecule has 0 unspecified atom stereocenters. The summed E-state index contributed by atoms with van der Waals surface area (Å²) in [6.45, 7) is 3.31. The number of nitrogens with zero attached hydrogens (tertiary/aromatic N) is 2. The molecule has 2 aliphatic heterocycles. The zero-order valence-electron chi connectivity index (χ0n) is 14.0. The molecule has 0 amide bonds. The van der Waals surface area contributed by atoms with Crippen LogP contribution in [0.4, 0.5) is 0 Å². The molecule has 25 heavy (non-hydrogen) atoms. The highest BCUT2D eigenvalue weighted by Crippen LogP contribution is 2.38. The third-order valence-electron chi connectivity index (χ3n) is 4.41. The Balaban J connectivity index is 1.52. The van der Waals surface area contributed by atoms with E-state index >= 15 is 0 Å². The minimum absolute atomic E-state index is 0.0838. The van der Waals surface area contributed by atoms with Gasteiger partial charge in [0.05, 0.1) is 18.2 Å². The summed E-state index contributed by atoms with van der Waals surface area (Å²) < 4.78 is 24.2. The first-order chi connectivity index (χ1) is 12.0. The highest BCUT2D eigenvalue weighted by atomic mass is 16.8. The van der Waals surface area contributed by atoms with Gasteiger partial charge in [0.2, 0.25) is 0 Å². The second-order valence-electron chi connectivity index (χ2n) is 6.62. The molecule has 0 aliphatic carbocycles. The molecule has 1 N–H and O–H groups in total. The topological polar surface area (TPSA) is 92.0 Å². The number of rotatable bonds is 4. The Hall–Kier alpha value is -1.84. The third kappa shape index (κ3) is 2.96. The second-order valence-corrected chi connectivity index (χ2v) is 6.62. The van der Waals surface area contributed by atoms with Crippen LogP contribution in [0.15, 0.2) is 35.3 Å². The lowest BCUT2D eigenvalue weighted by molar-refractivity contribution is -0.245. The molecule has 4 rings (SSSR count). The van der Waals surface area contributed by atoms with Crippen LogP contribution in [0.3, 0.4) is 0 Å². The quantitative estimate of drug-likeness (QED) is 0.865. The molecule has 0 saturated carbocycles. The first-order valence-electron chi connectivity index (χ1n) is 8.17. The third-order valence-corrected chi connectivity index (χ3v) is 4.41. The lowest BCUT2D eigenvalue weighted by Crippen LogP contribution is -2.34. The number of hydrogen-bond donors (Lipinski definition) is 1. The van der Waals surface area contributed by atoms with Crippen molar-refractivity contribution >= 4 is 10.8 Å². The van der Waals surface area contributed by atoms with Gasteiger partial charge in [-0.1, -0.05) is 18.2 Å². The number of fused-ring (bicyclic) bond motifs is 2. The number of benzene rings is 1. The summed E-state index contributed by atoms with van der Waals surface area (Å²) in [6.07, 6.45) is -0.538. The fourth-order valence-electron chi connectivity index (χ4n) is 3.29. The monoisotopic (exact) mass is 348 g/mol. The molecule has 0 radical (unpaired) electrons. The van der Waals surface area contributed by atoms with Crippen molar-refractivity contribution in [1.82, 2.24) is 9.78 Å². The van der Waals surface area contributed by atoms with Crippen molar-refractivity contribution < 1.29 is 24.1 Å². The van der Waals surface area contributed by atoms with Crippen LogP contribution in [0.5, 0.6) is 0 Å². The van der Waals surface area contributed by atoms with E-state index in [0.29, 0.717) is 5.39 Å². The number of aromatic nitrogens is 2. The maximum atomic E-state index is 12.5. The van der Waals surface area contributed by atoms with Gasteiger partial charge in [0.1, 0.15) is 25.0 Å². The summed E-state index contributed by atoms with van der Waals surface area (Å²) in [4.78, 5) is 12.5. The molecule has 1 aromatic carbocycles. The molecule has 2 aliphatic rings. The molecule has 134 valence electrons. The van der Waals surface area contributed by atoms with E-state index in [1.54, 1.807) is 32.2 Å². The van der Waals surface area contributed by atoms with Gasteiger partial charge < -0.3 is 24.1 Å². The standard InChI is InChI=1S/C17H20N2O6/c1-17(2)24-13-12(8-20)23-16(14(13)25-17)22-9-19-15(21)11-6-4-3-5-10(11)7-18-19/h3-7,12-14,16,20H,8-9H2,1-2H3/t12-,13-,14-,16+/m1/s1. The van der Waals surface area contributed by atoms with Crippen molar-refractivity contribution in [2.45, 2.75) is 51.0 Å². The van der Waals surface area contributed by atoms with Crippen LogP contribution in [-0.4, -0.2) is 51.9 Å². The highest BCUT2D eigenvalue weighted by molar-refractivity contribution is 5.80. The van der Waals surface area contributed by atoms with Crippen LogP contribution in [0.2, 0.25) is 0 Å². The SMILES string of the molecule is CC1(C)O[C@H]2[C@@H](OCn3ncc4ccccc4c3=O)O[C@H](CO)[C@H]2O1. The smallest absolute Gasteiger partial charge is 0.276 e. The number of hydrogen-bond acceptors (Lipinski definition) is 7. The summed E-state index contributed by atoms with van der Waals surface area (Å²) in [6, 6.07) is 7.23. The van der Waals surface area contributed by atoms with Crippen molar-refractivity contribution in [3.8, 4) is 0 Å². The molecule has 0 spiro atoms. The van der Waals surface area contributed by atoms with Gasteiger partial charge in [-0.3, -0.25) is 4.79 Å². The van der Waals surface area contributed by atoms with Gasteiger partial charge >= 0.3 is 0 Å². The molecular weight excluding hydrogens is 328 g/mol. The second kappa shape index (κ2) is 6.15. The van der Waals surface area contributed by atoms with Gasteiger partial charge in [0.15, 0.2) is 12.1 Å². The Morgan fingerprint density at radius 3 is 2.84 bits per heavy atom. The lowest BCUT2D eigenvalue weighted by atomic mass is 10.1. The van der Waals surface area contributed by atoms with Crippen molar-refractivity contribution in [3.63, 3.8) is 0 Å². The van der Waals surface area contributed by atoms with E-state index in [-0.39, 0.29) is 18.9 Å². The van der Waals surface area contributed by atoms with E-state index in [1.165, 1.54) is 4.68 Å². The van der Waals surface area contributed by atoms with Gasteiger partial charge in [-0.2, -0.15) is 5.10 Å². The fourth-order valence-corrected chi connectivity index (χ4v) is 3.29. The summed E-state index contributed by atoms with van der Waals surface area (Å²) in [5.41, 5.74) is -0.240. The zero-order chi connectivity index (χ0) is 17.6. The van der Waals surface area contributed by atoms with E-state index in [1.807, 2.05) is 12.1 Å². The number of aliphatic hydroxyl groups excluding tert-OH is 1. The van der Waals surface area contributed by atoms with Crippen LogP contribution in [0, 0.1) is 0 Å². The molecule has 1 aromatic heterocycles. The van der Waals surface area contributed by atoms with Crippen LogP contribution in [0.25, 0.3) is 10.8 Å². The predicted octanol–water partition coefficient (Wildman–Crippen LogP) is 0.608. The highest BCUT2D eigenvalue weighted by Gasteiger charge is 2.55. The summed E-state index contributed by atoms with van der Waals surface area (Å²) in [5, 5.41) is 14.9. The molecule has 8 heteroatoms. The number of ether oxygens (including phenoxy) is 4. The average Bonchev–Trinajstić information content (AvgIpc) is 3.07. The predicted molar refractivity (Wildman–Crippen MR) is 86.7 cm³/mol. The molecule has 2 fully saturated rings. The largest absolute Gasteiger partial charge is 0.394 e. The van der Waals surface area contributed by atoms with Crippen LogP contribution in [0.1, 0.15) is 13.8 Å². The van der Waals surface area contributed by atoms with E-state index in [9.17, 15) is 9.90 Å². The van der Waals surface area contributed by atoms with Gasteiger partial charge in [-0.15, -0.1) is 0 Å². The number of aliphatic hydroxyl groups is 1. The molecular formula is C17H20N2O6. The molecule has 0 bridgehead atoms. The Morgan fingerprint density at radius 2 is 2.04 bits per heavy atom. The fraction of sp³-hybridized carbons (Fsp3) is 0.529. The molecule has 3 heterocycles. The minimum atomic E-state index is -0.772.